The van der Waals surface area contributed by atoms with Crippen LogP contribution in [-0.4, -0.2) is 55.4 Å². The van der Waals surface area contributed by atoms with Crippen molar-refractivity contribution in [2.75, 3.05) is 39.4 Å². The second kappa shape index (κ2) is 12.0. The van der Waals surface area contributed by atoms with Gasteiger partial charge in [0.15, 0.2) is 0 Å². The summed E-state index contributed by atoms with van der Waals surface area (Å²) in [6.45, 7) is 6.41. The lowest BCUT2D eigenvalue weighted by Crippen LogP contribution is -2.37. The predicted molar refractivity (Wildman–Crippen MR) is 109 cm³/mol. The second-order valence-corrected chi connectivity index (χ2v) is 6.14. The van der Waals surface area contributed by atoms with Crippen molar-refractivity contribution < 1.29 is 19.1 Å². The van der Waals surface area contributed by atoms with Crippen LogP contribution in [0.1, 0.15) is 22.5 Å². The van der Waals surface area contributed by atoms with Gasteiger partial charge in [-0.3, -0.25) is 4.90 Å². The number of nitrogens with zero attached hydrogens (tertiary/aromatic N) is 1. The molecule has 0 aliphatic carbocycles. The zero-order valence-corrected chi connectivity index (χ0v) is 16.7. The largest absolute Gasteiger partial charge is 0.478 e. The highest BCUT2D eigenvalue weighted by Crippen LogP contribution is 2.23. The molecule has 1 fully saturated rings. The molecule has 0 bridgehead atoms. The van der Waals surface area contributed by atoms with Crippen LogP contribution in [0.15, 0.2) is 40.8 Å². The molecule has 2 N–H and O–H groups in total. The Balaban J connectivity index is 0.00000182. The highest BCUT2D eigenvalue weighted by atomic mass is 35.5. The maximum atomic E-state index is 11.1. The Kier molecular flexibility index (Phi) is 10.4. The topological polar surface area (TPSA) is 74.9 Å². The lowest BCUT2D eigenvalue weighted by Gasteiger charge is -2.26. The average molecular weight is 417 g/mol. The van der Waals surface area contributed by atoms with Crippen LogP contribution in [0.2, 0.25) is 0 Å². The van der Waals surface area contributed by atoms with Crippen LogP contribution in [-0.2, 0) is 11.3 Å². The number of ether oxygens (including phenoxy) is 1. The van der Waals surface area contributed by atoms with Gasteiger partial charge in [0.05, 0.1) is 25.3 Å². The van der Waals surface area contributed by atoms with Gasteiger partial charge in [0.2, 0.25) is 0 Å². The number of furan rings is 1. The summed E-state index contributed by atoms with van der Waals surface area (Å²) in [5.74, 6) is 0.603. The molecule has 150 valence electrons. The molecule has 0 saturated carbocycles. The SMILES string of the molecule is Cl.Cl.O=C(O)c1cccc(-c2ccc(CNCCCN3CCOCC3)o2)c1. The third-order valence-electron chi connectivity index (χ3n) is 4.29. The van der Waals surface area contributed by atoms with Crippen molar-refractivity contribution in [3.8, 4) is 11.3 Å². The van der Waals surface area contributed by atoms with Gasteiger partial charge >= 0.3 is 5.97 Å². The monoisotopic (exact) mass is 416 g/mol. The minimum atomic E-state index is -0.935. The van der Waals surface area contributed by atoms with Crippen LogP contribution in [0.3, 0.4) is 0 Å². The Morgan fingerprint density at radius 2 is 1.93 bits per heavy atom. The average Bonchev–Trinajstić information content (AvgIpc) is 3.11. The maximum absolute atomic E-state index is 11.1. The molecule has 1 aliphatic rings. The van der Waals surface area contributed by atoms with Crippen molar-refractivity contribution in [3.63, 3.8) is 0 Å². The van der Waals surface area contributed by atoms with Gasteiger partial charge in [0.25, 0.3) is 0 Å². The van der Waals surface area contributed by atoms with E-state index >= 15 is 0 Å². The third kappa shape index (κ3) is 7.16. The molecule has 1 aromatic heterocycles. The number of rotatable bonds is 8. The quantitative estimate of drug-likeness (QED) is 0.642. The number of hydrogen-bond acceptors (Lipinski definition) is 5. The van der Waals surface area contributed by atoms with E-state index in [0.29, 0.717) is 12.3 Å². The molecular weight excluding hydrogens is 391 g/mol. The zero-order valence-electron chi connectivity index (χ0n) is 15.1. The summed E-state index contributed by atoms with van der Waals surface area (Å²) < 4.78 is 11.2. The number of halogens is 2. The summed E-state index contributed by atoms with van der Waals surface area (Å²) in [5, 5.41) is 12.5. The summed E-state index contributed by atoms with van der Waals surface area (Å²) in [7, 11) is 0. The highest BCUT2D eigenvalue weighted by molar-refractivity contribution is 5.89. The lowest BCUT2D eigenvalue weighted by atomic mass is 10.1. The Bertz CT molecular complexity index is 703. The van der Waals surface area contributed by atoms with Gasteiger partial charge in [-0.25, -0.2) is 4.79 Å². The molecule has 1 aliphatic heterocycles. The number of hydrogen-bond donors (Lipinski definition) is 2. The molecule has 0 atom stereocenters. The molecule has 1 saturated heterocycles. The highest BCUT2D eigenvalue weighted by Gasteiger charge is 2.10. The molecule has 1 aromatic carbocycles. The third-order valence-corrected chi connectivity index (χ3v) is 4.29. The van der Waals surface area contributed by atoms with Gasteiger partial charge in [-0.1, -0.05) is 12.1 Å². The van der Waals surface area contributed by atoms with Crippen LogP contribution in [0.25, 0.3) is 11.3 Å². The van der Waals surface area contributed by atoms with E-state index < -0.39 is 5.97 Å². The van der Waals surface area contributed by atoms with Crippen LogP contribution >= 0.6 is 24.8 Å². The fraction of sp³-hybridized carbons (Fsp3) is 0.421. The molecule has 0 spiro atoms. The summed E-state index contributed by atoms with van der Waals surface area (Å²) in [4.78, 5) is 13.5. The molecule has 3 rings (SSSR count). The molecular formula is C19H26Cl2N2O4. The number of carbonyl (C=O) groups is 1. The van der Waals surface area contributed by atoms with Crippen LogP contribution < -0.4 is 5.32 Å². The van der Waals surface area contributed by atoms with Crippen molar-refractivity contribution in [1.29, 1.82) is 0 Å². The van der Waals surface area contributed by atoms with Gasteiger partial charge in [0, 0.05) is 18.7 Å². The first-order valence-corrected chi connectivity index (χ1v) is 8.65. The van der Waals surface area contributed by atoms with Crippen molar-refractivity contribution in [2.24, 2.45) is 0 Å². The molecule has 27 heavy (non-hydrogen) atoms. The van der Waals surface area contributed by atoms with E-state index in [2.05, 4.69) is 10.2 Å². The Labute approximate surface area is 171 Å². The summed E-state index contributed by atoms with van der Waals surface area (Å²) >= 11 is 0. The molecule has 0 unspecified atom stereocenters. The van der Waals surface area contributed by atoms with E-state index in [1.165, 1.54) is 0 Å². The molecule has 0 radical (unpaired) electrons. The summed E-state index contributed by atoms with van der Waals surface area (Å²) in [5.41, 5.74) is 1.04. The minimum absolute atomic E-state index is 0. The number of morpholine rings is 1. The van der Waals surface area contributed by atoms with Crippen LogP contribution in [0.5, 0.6) is 0 Å². The lowest BCUT2D eigenvalue weighted by molar-refractivity contribution is 0.0374. The Morgan fingerprint density at radius 1 is 1.15 bits per heavy atom. The van der Waals surface area contributed by atoms with E-state index in [1.54, 1.807) is 18.2 Å². The first-order valence-electron chi connectivity index (χ1n) is 8.65. The van der Waals surface area contributed by atoms with Crippen LogP contribution in [0.4, 0.5) is 0 Å². The normalized spacial score (nSPS) is 14.2. The fourth-order valence-corrected chi connectivity index (χ4v) is 2.90. The summed E-state index contributed by atoms with van der Waals surface area (Å²) in [6.07, 6.45) is 1.09. The van der Waals surface area contributed by atoms with Gasteiger partial charge in [-0.15, -0.1) is 24.8 Å². The summed E-state index contributed by atoms with van der Waals surface area (Å²) in [6, 6.07) is 10.6. The predicted octanol–water partition coefficient (Wildman–Crippen LogP) is 3.30. The van der Waals surface area contributed by atoms with Gasteiger partial charge in [0.1, 0.15) is 11.5 Å². The number of carboxylic acids is 1. The maximum Gasteiger partial charge on any atom is 0.335 e. The van der Waals surface area contributed by atoms with Gasteiger partial charge in [-0.2, -0.15) is 0 Å². The number of aromatic carboxylic acids is 1. The smallest absolute Gasteiger partial charge is 0.335 e. The molecule has 8 heteroatoms. The van der Waals surface area contributed by atoms with Crippen molar-refractivity contribution >= 4 is 30.8 Å². The molecule has 2 aromatic rings. The van der Waals surface area contributed by atoms with Crippen LogP contribution in [0, 0.1) is 0 Å². The van der Waals surface area contributed by atoms with Gasteiger partial charge in [-0.05, 0) is 43.8 Å². The van der Waals surface area contributed by atoms with E-state index in [1.807, 2.05) is 18.2 Å². The van der Waals surface area contributed by atoms with E-state index in [0.717, 1.165) is 57.1 Å². The Hall–Kier alpha value is -1.57. The van der Waals surface area contributed by atoms with E-state index in [4.69, 9.17) is 14.3 Å². The molecule has 2 heterocycles. The van der Waals surface area contributed by atoms with E-state index in [-0.39, 0.29) is 30.4 Å². The van der Waals surface area contributed by atoms with Gasteiger partial charge < -0.3 is 19.6 Å². The molecule has 6 nitrogen and oxygen atoms in total. The van der Waals surface area contributed by atoms with Crippen molar-refractivity contribution in [3.05, 3.63) is 47.7 Å². The van der Waals surface area contributed by atoms with Crippen molar-refractivity contribution in [2.45, 2.75) is 13.0 Å². The number of nitrogens with one attached hydrogen (secondary N) is 1. The molecule has 0 amide bonds. The number of benzene rings is 1. The fourth-order valence-electron chi connectivity index (χ4n) is 2.90. The first kappa shape index (κ1) is 23.5. The standard InChI is InChI=1S/C19H24N2O4.2ClH/c22-19(23)16-4-1-3-15(13-16)18-6-5-17(25-18)14-20-7-2-8-21-9-11-24-12-10-21;;/h1,3-6,13,20H,2,7-12,14H2,(H,22,23);2*1H. The minimum Gasteiger partial charge on any atom is -0.478 e. The Morgan fingerprint density at radius 3 is 2.67 bits per heavy atom. The number of carboxylic acid groups (broad SMARTS) is 1. The zero-order chi connectivity index (χ0) is 17.5. The second-order valence-electron chi connectivity index (χ2n) is 6.14. The first-order chi connectivity index (χ1) is 12.2. The van der Waals surface area contributed by atoms with Crippen molar-refractivity contribution in [1.82, 2.24) is 10.2 Å². The van der Waals surface area contributed by atoms with E-state index in [9.17, 15) is 4.79 Å².